The lowest BCUT2D eigenvalue weighted by Gasteiger charge is -2.34. The van der Waals surface area contributed by atoms with Gasteiger partial charge in [-0.05, 0) is 13.8 Å². The third-order valence-corrected chi connectivity index (χ3v) is 5.84. The third-order valence-electron chi connectivity index (χ3n) is 2.69. The van der Waals surface area contributed by atoms with Crippen molar-refractivity contribution in [2.75, 3.05) is 41.2 Å². The molecule has 7 heteroatoms. The summed E-state index contributed by atoms with van der Waals surface area (Å²) in [5, 5.41) is 0. The normalized spacial score (nSPS) is 12.9. The van der Waals surface area contributed by atoms with Crippen molar-refractivity contribution in [3.05, 3.63) is 0 Å². The van der Waals surface area contributed by atoms with Gasteiger partial charge < -0.3 is 27.5 Å². The molecule has 0 spiro atoms. The number of rotatable bonds is 12. The largest absolute Gasteiger partial charge is 0.501 e. The van der Waals surface area contributed by atoms with Gasteiger partial charge in [-0.3, -0.25) is 0 Å². The highest BCUT2D eigenvalue weighted by Gasteiger charge is 2.43. The van der Waals surface area contributed by atoms with Crippen LogP contribution in [0.4, 0.5) is 0 Å². The fourth-order valence-corrected chi connectivity index (χ4v) is 4.28. The fourth-order valence-electron chi connectivity index (χ4n) is 1.71. The van der Waals surface area contributed by atoms with E-state index in [0.717, 1.165) is 12.5 Å². The number of ether oxygens (including phenoxy) is 3. The van der Waals surface area contributed by atoms with Crippen LogP contribution in [0.25, 0.3) is 0 Å². The van der Waals surface area contributed by atoms with E-state index in [1.807, 2.05) is 13.8 Å². The van der Waals surface area contributed by atoms with Crippen molar-refractivity contribution < 1.29 is 27.5 Å². The Hall–Kier alpha value is -0.0231. The molecule has 0 rings (SSSR count). The average molecular weight is 296 g/mol. The van der Waals surface area contributed by atoms with Crippen molar-refractivity contribution in [3.8, 4) is 0 Å². The van der Waals surface area contributed by atoms with Crippen LogP contribution in [0, 0.1) is 0 Å². The molecule has 0 saturated heterocycles. The van der Waals surface area contributed by atoms with Gasteiger partial charge in [-0.1, -0.05) is 13.3 Å². The van der Waals surface area contributed by atoms with E-state index in [4.69, 9.17) is 27.5 Å². The molecule has 0 amide bonds. The Kier molecular flexibility index (Phi) is 9.80. The topological polar surface area (TPSA) is 55.4 Å². The van der Waals surface area contributed by atoms with Crippen molar-refractivity contribution >= 4 is 8.80 Å². The Morgan fingerprint density at radius 1 is 0.789 bits per heavy atom. The second-order valence-electron chi connectivity index (χ2n) is 3.88. The van der Waals surface area contributed by atoms with Crippen LogP contribution >= 0.6 is 0 Å². The lowest BCUT2D eigenvalue weighted by atomic mass is 10.6. The van der Waals surface area contributed by atoms with Gasteiger partial charge in [0.05, 0.1) is 0 Å². The lowest BCUT2D eigenvalue weighted by Crippen LogP contribution is -2.51. The Morgan fingerprint density at radius 2 is 1.26 bits per heavy atom. The second-order valence-corrected chi connectivity index (χ2v) is 6.62. The minimum absolute atomic E-state index is 0.0999. The van der Waals surface area contributed by atoms with E-state index in [1.165, 1.54) is 21.3 Å². The first-order valence-electron chi connectivity index (χ1n) is 6.64. The number of hydrogen-bond donors (Lipinski definition) is 0. The minimum atomic E-state index is -2.69. The summed E-state index contributed by atoms with van der Waals surface area (Å²) in [6, 6.07) is 0.752. The SMILES string of the molecule is CCC[Si](OCC)(OCC)OCC(OC)(OC)OC. The van der Waals surface area contributed by atoms with Gasteiger partial charge in [0, 0.05) is 40.6 Å². The highest BCUT2D eigenvalue weighted by atomic mass is 28.4. The molecule has 0 aromatic rings. The number of hydrogen-bond acceptors (Lipinski definition) is 6. The summed E-state index contributed by atoms with van der Waals surface area (Å²) in [6.07, 6.45) is 0.923. The highest BCUT2D eigenvalue weighted by Crippen LogP contribution is 2.22. The van der Waals surface area contributed by atoms with E-state index < -0.39 is 14.8 Å². The molecule has 6 nitrogen and oxygen atoms in total. The Morgan fingerprint density at radius 3 is 1.58 bits per heavy atom. The molecular weight excluding hydrogens is 268 g/mol. The van der Waals surface area contributed by atoms with Crippen molar-refractivity contribution in [1.29, 1.82) is 0 Å². The van der Waals surface area contributed by atoms with Gasteiger partial charge in [0.1, 0.15) is 6.61 Å². The van der Waals surface area contributed by atoms with E-state index in [1.54, 1.807) is 0 Å². The number of methoxy groups -OCH3 is 3. The average Bonchev–Trinajstić information content (AvgIpc) is 2.42. The molecule has 0 N–H and O–H groups in total. The molecule has 0 aliphatic rings. The molecule has 0 aliphatic carbocycles. The molecule has 0 aliphatic heterocycles. The maximum absolute atomic E-state index is 5.91. The molecule has 0 heterocycles. The monoisotopic (exact) mass is 296 g/mol. The molecule has 0 fully saturated rings. The molecule has 0 bridgehead atoms. The van der Waals surface area contributed by atoms with E-state index in [0.29, 0.717) is 13.2 Å². The smallest absolute Gasteiger partial charge is 0.374 e. The highest BCUT2D eigenvalue weighted by molar-refractivity contribution is 6.60. The van der Waals surface area contributed by atoms with E-state index in [9.17, 15) is 0 Å². The van der Waals surface area contributed by atoms with Gasteiger partial charge in [0.2, 0.25) is 0 Å². The van der Waals surface area contributed by atoms with E-state index in [-0.39, 0.29) is 6.61 Å². The molecule has 0 saturated carbocycles. The van der Waals surface area contributed by atoms with Gasteiger partial charge in [-0.2, -0.15) is 0 Å². The van der Waals surface area contributed by atoms with Crippen LogP contribution in [0.1, 0.15) is 27.2 Å². The molecular formula is C12H28O6Si. The van der Waals surface area contributed by atoms with Gasteiger partial charge in [0.15, 0.2) is 0 Å². The first-order chi connectivity index (χ1) is 9.07. The zero-order valence-corrected chi connectivity index (χ0v) is 14.0. The molecule has 19 heavy (non-hydrogen) atoms. The van der Waals surface area contributed by atoms with Crippen molar-refractivity contribution in [2.45, 2.75) is 39.2 Å². The summed E-state index contributed by atoms with van der Waals surface area (Å²) in [7, 11) is 1.81. The Bertz CT molecular complexity index is 197. The standard InChI is InChI=1S/C12H28O6Si/c1-7-10-19(16-8-2,17-9-3)18-11-12(13-4,14-5)15-6/h7-11H2,1-6H3. The van der Waals surface area contributed by atoms with Gasteiger partial charge >= 0.3 is 14.8 Å². The predicted octanol–water partition coefficient (Wildman–Crippen LogP) is 2.02. The van der Waals surface area contributed by atoms with Crippen molar-refractivity contribution in [1.82, 2.24) is 0 Å². The minimum Gasteiger partial charge on any atom is -0.374 e. The van der Waals surface area contributed by atoms with Crippen LogP contribution in [0.5, 0.6) is 0 Å². The zero-order valence-electron chi connectivity index (χ0n) is 13.0. The van der Waals surface area contributed by atoms with Crippen LogP contribution in [-0.2, 0) is 27.5 Å². The molecule has 0 aromatic carbocycles. The first kappa shape index (κ1) is 19.0. The molecule has 0 radical (unpaired) electrons. The lowest BCUT2D eigenvalue weighted by molar-refractivity contribution is -0.364. The fraction of sp³-hybridized carbons (Fsp3) is 1.00. The van der Waals surface area contributed by atoms with E-state index >= 15 is 0 Å². The van der Waals surface area contributed by atoms with Crippen LogP contribution in [0.3, 0.4) is 0 Å². The molecule has 0 aromatic heterocycles. The van der Waals surface area contributed by atoms with Crippen LogP contribution in [0.2, 0.25) is 6.04 Å². The zero-order chi connectivity index (χ0) is 14.8. The summed E-state index contributed by atoms with van der Waals surface area (Å²) in [5.41, 5.74) is 0. The van der Waals surface area contributed by atoms with Crippen molar-refractivity contribution in [2.24, 2.45) is 0 Å². The van der Waals surface area contributed by atoms with Crippen LogP contribution in [0.15, 0.2) is 0 Å². The van der Waals surface area contributed by atoms with Gasteiger partial charge in [0.25, 0.3) is 0 Å². The quantitative estimate of drug-likeness (QED) is 0.406. The summed E-state index contributed by atoms with van der Waals surface area (Å²) in [5.74, 6) is -1.22. The third kappa shape index (κ3) is 5.86. The predicted molar refractivity (Wildman–Crippen MR) is 73.8 cm³/mol. The second kappa shape index (κ2) is 9.81. The molecule has 0 atom stereocenters. The first-order valence-corrected chi connectivity index (χ1v) is 8.58. The summed E-state index contributed by atoms with van der Waals surface area (Å²) >= 11 is 0. The summed E-state index contributed by atoms with van der Waals surface area (Å²) in [6.45, 7) is 7.12. The van der Waals surface area contributed by atoms with E-state index in [2.05, 4.69) is 6.92 Å². The summed E-state index contributed by atoms with van der Waals surface area (Å²) < 4.78 is 33.1. The Balaban J connectivity index is 4.78. The summed E-state index contributed by atoms with van der Waals surface area (Å²) in [4.78, 5) is 0. The van der Waals surface area contributed by atoms with Gasteiger partial charge in [-0.25, -0.2) is 0 Å². The molecule has 116 valence electrons. The maximum Gasteiger partial charge on any atom is 0.501 e. The van der Waals surface area contributed by atoms with Gasteiger partial charge in [-0.15, -0.1) is 0 Å². The Labute approximate surface area is 117 Å². The molecule has 0 unspecified atom stereocenters. The van der Waals surface area contributed by atoms with Crippen LogP contribution in [-0.4, -0.2) is 55.9 Å². The maximum atomic E-state index is 5.91. The van der Waals surface area contributed by atoms with Crippen molar-refractivity contribution in [3.63, 3.8) is 0 Å². The van der Waals surface area contributed by atoms with Crippen LogP contribution < -0.4 is 0 Å².